The highest BCUT2D eigenvalue weighted by Gasteiger charge is 2.51. The lowest BCUT2D eigenvalue weighted by molar-refractivity contribution is -0.139. The van der Waals surface area contributed by atoms with Gasteiger partial charge < -0.3 is 20.8 Å². The van der Waals surface area contributed by atoms with E-state index < -0.39 is 17.5 Å². The summed E-state index contributed by atoms with van der Waals surface area (Å²) in [6, 6.07) is 15.6. The summed E-state index contributed by atoms with van der Waals surface area (Å²) in [6.45, 7) is 1.72. The molecule has 2 aromatic heterocycles. The number of hydrogen-bond acceptors (Lipinski definition) is 8. The first-order valence-corrected chi connectivity index (χ1v) is 17.7. The van der Waals surface area contributed by atoms with E-state index in [4.69, 9.17) is 10.5 Å². The summed E-state index contributed by atoms with van der Waals surface area (Å²) in [5, 5.41) is 17.9. The predicted octanol–water partition coefficient (Wildman–Crippen LogP) is 4.19. The molecule has 3 atom stereocenters. The Morgan fingerprint density at radius 3 is 2.51 bits per heavy atom. The molecule has 2 unspecified atom stereocenters. The number of hydrogen-bond donors (Lipinski definition) is 4. The lowest BCUT2D eigenvalue weighted by Crippen LogP contribution is -2.59. The van der Waals surface area contributed by atoms with Gasteiger partial charge >= 0.3 is 6.09 Å². The number of ether oxygens (including phenoxy) is 1. The van der Waals surface area contributed by atoms with Gasteiger partial charge in [0.05, 0.1) is 12.0 Å². The number of fused-ring (bicyclic) bond motifs is 2. The molecule has 12 heteroatoms. The van der Waals surface area contributed by atoms with Crippen molar-refractivity contribution in [3.8, 4) is 0 Å². The number of rotatable bonds is 9. The zero-order valence-corrected chi connectivity index (χ0v) is 27.8. The summed E-state index contributed by atoms with van der Waals surface area (Å²) < 4.78 is 6.42. The van der Waals surface area contributed by atoms with E-state index in [2.05, 4.69) is 37.0 Å². The van der Waals surface area contributed by atoms with Gasteiger partial charge in [-0.1, -0.05) is 47.7 Å². The number of H-pyrrole nitrogens is 2. The van der Waals surface area contributed by atoms with Crippen molar-refractivity contribution in [1.82, 2.24) is 35.8 Å². The van der Waals surface area contributed by atoms with Crippen molar-refractivity contribution < 1.29 is 19.1 Å². The Balaban J connectivity index is 1.10. The van der Waals surface area contributed by atoms with E-state index in [1.165, 1.54) is 11.3 Å². The Labute approximate surface area is 284 Å². The number of amides is 3. The zero-order valence-electron chi connectivity index (χ0n) is 27.8. The minimum absolute atomic E-state index is 0.0236. The molecule has 4 fully saturated rings. The van der Waals surface area contributed by atoms with Gasteiger partial charge in [-0.05, 0) is 98.3 Å². The van der Waals surface area contributed by atoms with Crippen LogP contribution in [0.15, 0.2) is 54.7 Å². The van der Waals surface area contributed by atoms with Crippen LogP contribution in [-0.2, 0) is 33.6 Å². The van der Waals surface area contributed by atoms with Crippen molar-refractivity contribution in [2.75, 3.05) is 6.54 Å². The molecule has 5 aliphatic carbocycles. The molecule has 0 aliphatic heterocycles. The molecule has 0 spiro atoms. The second-order valence-electron chi connectivity index (χ2n) is 15.2. The smallest absolute Gasteiger partial charge is 0.416 e. The standard InChI is InChI=1S/C37H44N8O4/c1-37(38,18-26-19-39-30-9-5-4-8-28(26)30)35(47)45(36(48)49-34-24-13-21-12-22(15-24)16-25(34)14-21)20-29-27-7-3-2-6-23(27)10-11-31(29)40-33(46)17-32-41-43-44-42-32/h2-9,19,21-22,24-25,29,31,34,39H,10-18,20,38H2,1H3,(H,40,46)(H,41,42,43,44)/t21?,22?,24?,25?,29?,31?,34?,37-/m1/s1. The van der Waals surface area contributed by atoms with Crippen molar-refractivity contribution >= 4 is 28.8 Å². The second kappa shape index (κ2) is 12.7. The number of para-hydroxylation sites is 1. The van der Waals surface area contributed by atoms with Crippen molar-refractivity contribution in [1.29, 1.82) is 0 Å². The third-order valence-corrected chi connectivity index (χ3v) is 11.7. The van der Waals surface area contributed by atoms with Gasteiger partial charge in [-0.25, -0.2) is 9.69 Å². The van der Waals surface area contributed by atoms with Crippen molar-refractivity contribution in [3.05, 3.63) is 77.2 Å². The Bertz CT molecular complexity index is 1820. The van der Waals surface area contributed by atoms with Gasteiger partial charge in [-0.3, -0.25) is 9.59 Å². The van der Waals surface area contributed by atoms with Gasteiger partial charge in [0.1, 0.15) is 6.10 Å². The fraction of sp³-hybridized carbons (Fsp3) is 0.514. The number of carbonyl (C=O) groups is 3. The number of aromatic nitrogens is 5. The molecule has 2 aromatic carbocycles. The molecule has 5 aliphatic rings. The predicted molar refractivity (Wildman–Crippen MR) is 181 cm³/mol. The van der Waals surface area contributed by atoms with Crippen LogP contribution < -0.4 is 11.1 Å². The van der Waals surface area contributed by atoms with Crippen LogP contribution in [0.3, 0.4) is 0 Å². The lowest BCUT2D eigenvalue weighted by Gasteiger charge is -2.53. The number of benzene rings is 2. The third kappa shape index (κ3) is 6.22. The van der Waals surface area contributed by atoms with Gasteiger partial charge in [0.2, 0.25) is 5.91 Å². The molecule has 9 rings (SSSR count). The average molecular weight is 665 g/mol. The van der Waals surface area contributed by atoms with Crippen molar-refractivity contribution in [2.45, 2.75) is 88.3 Å². The fourth-order valence-electron chi connectivity index (χ4n) is 9.65. The van der Waals surface area contributed by atoms with Crippen molar-refractivity contribution in [3.63, 3.8) is 0 Å². The van der Waals surface area contributed by atoms with Crippen LogP contribution in [0, 0.1) is 23.7 Å². The number of aromatic amines is 2. The van der Waals surface area contributed by atoms with Crippen LogP contribution in [0.2, 0.25) is 0 Å². The van der Waals surface area contributed by atoms with Crippen LogP contribution in [0.5, 0.6) is 0 Å². The van der Waals surface area contributed by atoms with Crippen LogP contribution in [0.1, 0.15) is 73.9 Å². The van der Waals surface area contributed by atoms with Gasteiger partial charge in [0.15, 0.2) is 5.82 Å². The fourth-order valence-corrected chi connectivity index (χ4v) is 9.65. The van der Waals surface area contributed by atoms with E-state index in [0.29, 0.717) is 30.1 Å². The number of tetrazole rings is 1. The SMILES string of the molecule is C[C@@](N)(Cc1c[nH]c2ccccc12)C(=O)N(CC1c2ccccc2CCC1NC(=O)Cc1nn[nH]n1)C(=O)OC1C2CC3CC(C2)CC1C3. The Hall–Kier alpha value is -4.58. The van der Waals surface area contributed by atoms with Gasteiger partial charge in [-0.15, -0.1) is 10.2 Å². The summed E-state index contributed by atoms with van der Waals surface area (Å²) in [5.41, 5.74) is 9.48. The van der Waals surface area contributed by atoms with Crippen molar-refractivity contribution in [2.24, 2.45) is 29.4 Å². The second-order valence-corrected chi connectivity index (χ2v) is 15.2. The highest BCUT2D eigenvalue weighted by molar-refractivity contribution is 5.98. The van der Waals surface area contributed by atoms with E-state index >= 15 is 0 Å². The Morgan fingerprint density at radius 2 is 1.76 bits per heavy atom. The van der Waals surface area contributed by atoms with Crippen LogP contribution in [-0.4, -0.2) is 72.6 Å². The van der Waals surface area contributed by atoms with E-state index in [0.717, 1.165) is 59.7 Å². The molecule has 4 aromatic rings. The summed E-state index contributed by atoms with van der Waals surface area (Å²) in [7, 11) is 0. The van der Waals surface area contributed by atoms with E-state index in [9.17, 15) is 14.4 Å². The first kappa shape index (κ1) is 31.7. The summed E-state index contributed by atoms with van der Waals surface area (Å²) in [4.78, 5) is 46.9. The van der Waals surface area contributed by atoms with E-state index in [1.54, 1.807) is 6.92 Å². The summed E-state index contributed by atoms with van der Waals surface area (Å²) >= 11 is 0. The quantitative estimate of drug-likeness (QED) is 0.206. The molecule has 49 heavy (non-hydrogen) atoms. The van der Waals surface area contributed by atoms with Crippen LogP contribution in [0.4, 0.5) is 4.79 Å². The minimum Gasteiger partial charge on any atom is -0.445 e. The highest BCUT2D eigenvalue weighted by atomic mass is 16.6. The maximum Gasteiger partial charge on any atom is 0.416 e. The largest absolute Gasteiger partial charge is 0.445 e. The minimum atomic E-state index is -1.42. The summed E-state index contributed by atoms with van der Waals surface area (Å²) in [6.07, 6.45) is 8.24. The molecule has 5 N–H and O–H groups in total. The van der Waals surface area contributed by atoms with Gasteiger partial charge in [0, 0.05) is 42.0 Å². The Kier molecular flexibility index (Phi) is 8.21. The maximum absolute atomic E-state index is 14.7. The molecule has 256 valence electrons. The molecule has 0 saturated heterocycles. The molecule has 3 amide bonds. The molecule has 2 heterocycles. The monoisotopic (exact) mass is 664 g/mol. The average Bonchev–Trinajstić information content (AvgIpc) is 3.75. The number of nitrogens with two attached hydrogens (primary N) is 1. The van der Waals surface area contributed by atoms with Crippen LogP contribution in [0.25, 0.3) is 10.9 Å². The normalized spacial score (nSPS) is 28.1. The first-order chi connectivity index (χ1) is 23.7. The lowest BCUT2D eigenvalue weighted by atomic mass is 9.55. The number of nitrogens with zero attached hydrogens (tertiary/aromatic N) is 4. The van der Waals surface area contributed by atoms with Gasteiger partial charge in [0.25, 0.3) is 5.91 Å². The zero-order chi connectivity index (χ0) is 33.7. The molecule has 12 nitrogen and oxygen atoms in total. The number of imide groups is 1. The molecule has 0 radical (unpaired) electrons. The van der Waals surface area contributed by atoms with Crippen LogP contribution >= 0.6 is 0 Å². The topological polar surface area (TPSA) is 172 Å². The summed E-state index contributed by atoms with van der Waals surface area (Å²) in [5.74, 6) is 1.26. The number of carbonyl (C=O) groups excluding carboxylic acids is 3. The highest BCUT2D eigenvalue weighted by Crippen LogP contribution is 2.54. The molecule has 4 saturated carbocycles. The Morgan fingerprint density at radius 1 is 1.02 bits per heavy atom. The first-order valence-electron chi connectivity index (χ1n) is 17.7. The van der Waals surface area contributed by atoms with E-state index in [1.807, 2.05) is 48.7 Å². The molecular weight excluding hydrogens is 620 g/mol. The molecular formula is C37H44N8O4. The number of nitrogens with one attached hydrogen (secondary N) is 3. The van der Waals surface area contributed by atoms with E-state index in [-0.39, 0.29) is 49.2 Å². The van der Waals surface area contributed by atoms with Gasteiger partial charge in [-0.2, -0.15) is 5.21 Å². The number of aryl methyl sites for hydroxylation is 1. The molecule has 4 bridgehead atoms. The maximum atomic E-state index is 14.7. The third-order valence-electron chi connectivity index (χ3n) is 11.7.